The number of aromatic nitrogens is 1. The highest BCUT2D eigenvalue weighted by molar-refractivity contribution is 5.65. The van der Waals surface area contributed by atoms with Crippen LogP contribution in [0.15, 0.2) is 41.2 Å². The molecule has 0 unspecified atom stereocenters. The molecule has 0 saturated heterocycles. The number of aromatic amines is 1. The van der Waals surface area contributed by atoms with E-state index in [9.17, 15) is 4.79 Å². The zero-order chi connectivity index (χ0) is 14.5. The molecule has 1 heterocycles. The van der Waals surface area contributed by atoms with Crippen LogP contribution in [0.4, 0.5) is 5.69 Å². The number of nitrogens with one attached hydrogen (secondary N) is 1. The highest BCUT2D eigenvalue weighted by Gasteiger charge is 2.06. The Labute approximate surface area is 118 Å². The number of H-pyrrole nitrogens is 1. The van der Waals surface area contributed by atoms with Gasteiger partial charge in [-0.05, 0) is 29.7 Å². The van der Waals surface area contributed by atoms with Gasteiger partial charge in [-0.1, -0.05) is 25.1 Å². The molecular formula is C16H20N2O2. The lowest BCUT2D eigenvalue weighted by atomic mass is 10.0. The lowest BCUT2D eigenvalue weighted by molar-refractivity contribution is 0.304. The first-order chi connectivity index (χ1) is 9.65. The fourth-order valence-corrected chi connectivity index (χ4v) is 2.22. The normalized spacial score (nSPS) is 10.6. The van der Waals surface area contributed by atoms with Gasteiger partial charge in [-0.25, -0.2) is 0 Å². The zero-order valence-electron chi connectivity index (χ0n) is 11.9. The molecule has 0 bridgehead atoms. The first-order valence-corrected chi connectivity index (χ1v) is 6.80. The molecule has 0 amide bonds. The Morgan fingerprint density at radius 2 is 1.85 bits per heavy atom. The number of benzene rings is 1. The van der Waals surface area contributed by atoms with E-state index in [0.717, 1.165) is 28.9 Å². The van der Waals surface area contributed by atoms with E-state index in [4.69, 9.17) is 5.11 Å². The van der Waals surface area contributed by atoms with Gasteiger partial charge in [0.05, 0.1) is 12.3 Å². The van der Waals surface area contributed by atoms with Crippen molar-refractivity contribution in [3.63, 3.8) is 0 Å². The molecule has 2 N–H and O–H groups in total. The summed E-state index contributed by atoms with van der Waals surface area (Å²) in [5, 5.41) is 8.95. The summed E-state index contributed by atoms with van der Waals surface area (Å²) in [6.45, 7) is 2.80. The Hall–Kier alpha value is -2.07. The van der Waals surface area contributed by atoms with Gasteiger partial charge in [-0.2, -0.15) is 0 Å². The lowest BCUT2D eigenvalue weighted by Gasteiger charge is -2.18. The van der Waals surface area contributed by atoms with Crippen molar-refractivity contribution in [2.45, 2.75) is 13.3 Å². The molecule has 2 rings (SSSR count). The average molecular weight is 272 g/mol. The van der Waals surface area contributed by atoms with Crippen molar-refractivity contribution in [1.82, 2.24) is 4.98 Å². The summed E-state index contributed by atoms with van der Waals surface area (Å²) in [6, 6.07) is 11.4. The summed E-state index contributed by atoms with van der Waals surface area (Å²) in [5.74, 6) is 0. The number of anilines is 1. The largest absolute Gasteiger partial charge is 0.395 e. The van der Waals surface area contributed by atoms with Crippen molar-refractivity contribution in [2.24, 2.45) is 0 Å². The van der Waals surface area contributed by atoms with E-state index in [1.165, 1.54) is 0 Å². The molecule has 0 aliphatic carbocycles. The van der Waals surface area contributed by atoms with Gasteiger partial charge in [0.1, 0.15) is 0 Å². The third-order valence-corrected chi connectivity index (χ3v) is 3.42. The summed E-state index contributed by atoms with van der Waals surface area (Å²) in [4.78, 5) is 16.4. The minimum absolute atomic E-state index is 0.0846. The van der Waals surface area contributed by atoms with E-state index in [1.54, 1.807) is 6.07 Å². The minimum atomic E-state index is -0.0846. The van der Waals surface area contributed by atoms with Gasteiger partial charge in [0.25, 0.3) is 0 Å². The van der Waals surface area contributed by atoms with Crippen LogP contribution in [-0.4, -0.2) is 30.3 Å². The summed E-state index contributed by atoms with van der Waals surface area (Å²) >= 11 is 0. The van der Waals surface area contributed by atoms with Crippen molar-refractivity contribution in [3.05, 3.63) is 52.3 Å². The van der Waals surface area contributed by atoms with Crippen LogP contribution in [0, 0.1) is 0 Å². The van der Waals surface area contributed by atoms with Crippen LogP contribution in [0.2, 0.25) is 0 Å². The van der Waals surface area contributed by atoms with Gasteiger partial charge in [0.15, 0.2) is 0 Å². The molecule has 0 saturated carbocycles. The fourth-order valence-electron chi connectivity index (χ4n) is 2.22. The highest BCUT2D eigenvalue weighted by Crippen LogP contribution is 2.23. The lowest BCUT2D eigenvalue weighted by Crippen LogP contribution is -2.20. The zero-order valence-corrected chi connectivity index (χ0v) is 11.9. The number of pyridine rings is 1. The number of aryl methyl sites for hydroxylation is 1. The second-order valence-corrected chi connectivity index (χ2v) is 4.77. The summed E-state index contributed by atoms with van der Waals surface area (Å²) in [5.41, 5.74) is 3.97. The molecular weight excluding hydrogens is 252 g/mol. The molecule has 0 atom stereocenters. The minimum Gasteiger partial charge on any atom is -0.395 e. The molecule has 0 aliphatic rings. The van der Waals surface area contributed by atoms with Crippen LogP contribution in [0.3, 0.4) is 0 Å². The van der Waals surface area contributed by atoms with E-state index in [2.05, 4.69) is 11.9 Å². The Kier molecular flexibility index (Phi) is 4.58. The Bertz CT molecular complexity index is 617. The van der Waals surface area contributed by atoms with Crippen molar-refractivity contribution >= 4 is 5.69 Å². The van der Waals surface area contributed by atoms with Gasteiger partial charge in [0, 0.05) is 25.3 Å². The SMILES string of the molecule is CCc1ccc(=O)[nH]c1-c1ccc(N(C)CCO)cc1. The monoisotopic (exact) mass is 272 g/mol. The third-order valence-electron chi connectivity index (χ3n) is 3.42. The summed E-state index contributed by atoms with van der Waals surface area (Å²) in [7, 11) is 1.94. The quantitative estimate of drug-likeness (QED) is 0.875. The van der Waals surface area contributed by atoms with Crippen LogP contribution in [0.1, 0.15) is 12.5 Å². The van der Waals surface area contributed by atoms with Crippen LogP contribution >= 0.6 is 0 Å². The molecule has 1 aromatic carbocycles. The van der Waals surface area contributed by atoms with E-state index < -0.39 is 0 Å². The average Bonchev–Trinajstić information content (AvgIpc) is 2.47. The van der Waals surface area contributed by atoms with Gasteiger partial charge < -0.3 is 15.0 Å². The van der Waals surface area contributed by atoms with Crippen LogP contribution in [0.5, 0.6) is 0 Å². The summed E-state index contributed by atoms with van der Waals surface area (Å²) in [6.07, 6.45) is 0.873. The number of aliphatic hydroxyl groups excluding tert-OH is 1. The Balaban J connectivity index is 2.35. The number of hydrogen-bond donors (Lipinski definition) is 2. The van der Waals surface area contributed by atoms with E-state index in [0.29, 0.717) is 6.54 Å². The maximum Gasteiger partial charge on any atom is 0.248 e. The van der Waals surface area contributed by atoms with Gasteiger partial charge >= 0.3 is 0 Å². The van der Waals surface area contributed by atoms with Gasteiger partial charge in [0.2, 0.25) is 5.56 Å². The number of hydrogen-bond acceptors (Lipinski definition) is 3. The van der Waals surface area contributed by atoms with E-state index >= 15 is 0 Å². The molecule has 1 aromatic heterocycles. The third kappa shape index (κ3) is 3.08. The molecule has 0 aliphatic heterocycles. The van der Waals surface area contributed by atoms with Crippen molar-refractivity contribution in [2.75, 3.05) is 25.1 Å². The maximum atomic E-state index is 11.5. The van der Waals surface area contributed by atoms with Crippen LogP contribution in [0.25, 0.3) is 11.3 Å². The standard InChI is InChI=1S/C16H20N2O2/c1-3-12-6-9-15(20)17-16(12)13-4-7-14(8-5-13)18(2)10-11-19/h4-9,19H,3,10-11H2,1-2H3,(H,17,20). The predicted octanol–water partition coefficient (Wildman–Crippen LogP) is 2.03. The highest BCUT2D eigenvalue weighted by atomic mass is 16.3. The van der Waals surface area contributed by atoms with Crippen LogP contribution < -0.4 is 10.5 Å². The van der Waals surface area contributed by atoms with Crippen molar-refractivity contribution in [3.8, 4) is 11.3 Å². The second-order valence-electron chi connectivity index (χ2n) is 4.77. The molecule has 20 heavy (non-hydrogen) atoms. The van der Waals surface area contributed by atoms with Gasteiger partial charge in [-0.15, -0.1) is 0 Å². The van der Waals surface area contributed by atoms with Crippen molar-refractivity contribution in [1.29, 1.82) is 0 Å². The first kappa shape index (κ1) is 14.3. The number of nitrogens with zero attached hydrogens (tertiary/aromatic N) is 1. The predicted molar refractivity (Wildman–Crippen MR) is 82.2 cm³/mol. The van der Waals surface area contributed by atoms with E-state index in [1.807, 2.05) is 42.3 Å². The molecule has 4 heteroatoms. The number of likely N-dealkylation sites (N-methyl/N-ethyl adjacent to an activating group) is 1. The Morgan fingerprint density at radius 1 is 1.15 bits per heavy atom. The summed E-state index contributed by atoms with van der Waals surface area (Å²) < 4.78 is 0. The second kappa shape index (κ2) is 6.39. The molecule has 2 aromatic rings. The first-order valence-electron chi connectivity index (χ1n) is 6.80. The fraction of sp³-hybridized carbons (Fsp3) is 0.312. The molecule has 0 fully saturated rings. The smallest absolute Gasteiger partial charge is 0.248 e. The molecule has 4 nitrogen and oxygen atoms in total. The van der Waals surface area contributed by atoms with E-state index in [-0.39, 0.29) is 12.2 Å². The van der Waals surface area contributed by atoms with Gasteiger partial charge in [-0.3, -0.25) is 4.79 Å². The molecule has 0 radical (unpaired) electrons. The molecule has 106 valence electrons. The number of rotatable bonds is 5. The topological polar surface area (TPSA) is 56.3 Å². The van der Waals surface area contributed by atoms with Crippen LogP contribution in [-0.2, 0) is 6.42 Å². The van der Waals surface area contributed by atoms with Crippen molar-refractivity contribution < 1.29 is 5.11 Å². The molecule has 0 spiro atoms. The maximum absolute atomic E-state index is 11.5. The number of aliphatic hydroxyl groups is 1. The Morgan fingerprint density at radius 3 is 2.45 bits per heavy atom.